The van der Waals surface area contributed by atoms with Crippen molar-refractivity contribution in [3.05, 3.63) is 70.7 Å². The molecule has 0 saturated heterocycles. The number of amides is 3. The Bertz CT molecular complexity index is 953. The maximum atomic E-state index is 12.8. The van der Waals surface area contributed by atoms with Gasteiger partial charge in [-0.2, -0.15) is 0 Å². The molecule has 0 saturated carbocycles. The summed E-state index contributed by atoms with van der Waals surface area (Å²) in [5.74, 6) is -2.37. The Morgan fingerprint density at radius 3 is 2.26 bits per heavy atom. The highest BCUT2D eigenvalue weighted by molar-refractivity contribution is 6.43. The van der Waals surface area contributed by atoms with E-state index < -0.39 is 43.6 Å². The molecule has 11 heteroatoms. The van der Waals surface area contributed by atoms with E-state index in [-0.39, 0.29) is 18.9 Å². The van der Waals surface area contributed by atoms with Gasteiger partial charge in [0, 0.05) is 11.4 Å². The first kappa shape index (κ1) is 27.2. The van der Waals surface area contributed by atoms with Gasteiger partial charge in [0.2, 0.25) is 11.8 Å². The van der Waals surface area contributed by atoms with Crippen LogP contribution in [0.3, 0.4) is 0 Å². The lowest BCUT2D eigenvalue weighted by Crippen LogP contribution is -2.54. The van der Waals surface area contributed by atoms with Crippen LogP contribution >= 0.6 is 11.6 Å². The summed E-state index contributed by atoms with van der Waals surface area (Å²) in [6, 6.07) is 14.9. The Kier molecular flexibility index (Phi) is 10.9. The van der Waals surface area contributed by atoms with Crippen LogP contribution in [0.5, 0.6) is 0 Å². The van der Waals surface area contributed by atoms with Crippen LogP contribution in [0.15, 0.2) is 54.6 Å². The summed E-state index contributed by atoms with van der Waals surface area (Å²) in [6.45, 7) is 3.03. The summed E-state index contributed by atoms with van der Waals surface area (Å²) in [4.78, 5) is 37.4. The molecule has 2 aromatic carbocycles. The number of hydrogen-bond acceptors (Lipinski definition) is 6. The van der Waals surface area contributed by atoms with Crippen LogP contribution in [0.25, 0.3) is 0 Å². The number of carbonyl (C=O) groups is 3. The number of nitrogens with one attached hydrogen (secondary N) is 3. The first-order chi connectivity index (χ1) is 16.2. The standard InChI is InChI=1S/C23H29BClN3O6/c1-15(2)21(24(32)33)28-20(29)13-26-22(30)19(12-17-10-6-7-11-18(17)25)27-23(31)34-14-16-8-4-3-5-9-16/h3-11,15,19,21,32-33H,12-14H2,1-2H3,(H,26,30)(H,27,31)(H,28,29)/t19-,21?/m0/s1. The molecule has 1 unspecified atom stereocenters. The van der Waals surface area contributed by atoms with Crippen LogP contribution in [0, 0.1) is 5.92 Å². The van der Waals surface area contributed by atoms with Gasteiger partial charge in [-0.25, -0.2) is 4.79 Å². The normalized spacial score (nSPS) is 12.4. The quantitative estimate of drug-likeness (QED) is 0.303. The third-order valence-electron chi connectivity index (χ3n) is 4.99. The van der Waals surface area contributed by atoms with Gasteiger partial charge in [-0.15, -0.1) is 0 Å². The van der Waals surface area contributed by atoms with Gasteiger partial charge in [-0.1, -0.05) is 74.0 Å². The minimum absolute atomic E-state index is 0.0234. The van der Waals surface area contributed by atoms with Gasteiger partial charge in [0.15, 0.2) is 0 Å². The predicted molar refractivity (Wildman–Crippen MR) is 129 cm³/mol. The van der Waals surface area contributed by atoms with Crippen LogP contribution in [0.2, 0.25) is 5.02 Å². The van der Waals surface area contributed by atoms with Crippen LogP contribution in [0.1, 0.15) is 25.0 Å². The molecule has 0 radical (unpaired) electrons. The maximum absolute atomic E-state index is 12.8. The molecule has 9 nitrogen and oxygen atoms in total. The molecule has 34 heavy (non-hydrogen) atoms. The molecule has 0 aliphatic carbocycles. The number of halogens is 1. The van der Waals surface area contributed by atoms with Gasteiger partial charge in [-0.05, 0) is 23.1 Å². The second kappa shape index (κ2) is 13.6. The van der Waals surface area contributed by atoms with Crippen molar-refractivity contribution in [2.24, 2.45) is 5.92 Å². The van der Waals surface area contributed by atoms with Crippen molar-refractivity contribution in [1.29, 1.82) is 0 Å². The van der Waals surface area contributed by atoms with E-state index in [1.165, 1.54) is 0 Å². The van der Waals surface area contributed by atoms with Crippen molar-refractivity contribution in [2.45, 2.75) is 38.9 Å². The van der Waals surface area contributed by atoms with Gasteiger partial charge >= 0.3 is 13.2 Å². The molecule has 0 heterocycles. The van der Waals surface area contributed by atoms with Crippen molar-refractivity contribution in [1.82, 2.24) is 16.0 Å². The van der Waals surface area contributed by atoms with Crippen LogP contribution < -0.4 is 16.0 Å². The first-order valence-corrected chi connectivity index (χ1v) is 11.2. The first-order valence-electron chi connectivity index (χ1n) is 10.8. The lowest BCUT2D eigenvalue weighted by Gasteiger charge is -2.22. The maximum Gasteiger partial charge on any atom is 0.475 e. The fourth-order valence-electron chi connectivity index (χ4n) is 3.11. The fraction of sp³-hybridized carbons (Fsp3) is 0.348. The summed E-state index contributed by atoms with van der Waals surface area (Å²) in [6.07, 6.45) is -0.735. The molecule has 182 valence electrons. The highest BCUT2D eigenvalue weighted by atomic mass is 35.5. The average Bonchev–Trinajstić information content (AvgIpc) is 2.80. The summed E-state index contributed by atoms with van der Waals surface area (Å²) in [7, 11) is -1.74. The highest BCUT2D eigenvalue weighted by Gasteiger charge is 2.29. The fourth-order valence-corrected chi connectivity index (χ4v) is 3.33. The monoisotopic (exact) mass is 489 g/mol. The van der Waals surface area contributed by atoms with E-state index in [1.807, 2.05) is 18.2 Å². The zero-order valence-corrected chi connectivity index (χ0v) is 19.8. The molecule has 2 rings (SSSR count). The summed E-state index contributed by atoms with van der Waals surface area (Å²) < 4.78 is 5.21. The molecule has 0 spiro atoms. The largest absolute Gasteiger partial charge is 0.475 e. The smallest absolute Gasteiger partial charge is 0.445 e. The van der Waals surface area contributed by atoms with E-state index in [9.17, 15) is 24.4 Å². The molecule has 3 amide bonds. The Morgan fingerprint density at radius 2 is 1.65 bits per heavy atom. The van der Waals surface area contributed by atoms with E-state index in [4.69, 9.17) is 16.3 Å². The number of ether oxygens (including phenoxy) is 1. The third-order valence-corrected chi connectivity index (χ3v) is 5.36. The number of rotatable bonds is 11. The summed E-state index contributed by atoms with van der Waals surface area (Å²) in [5, 5.41) is 26.7. The van der Waals surface area contributed by atoms with Gasteiger partial charge in [0.25, 0.3) is 0 Å². The Hall–Kier alpha value is -3.08. The van der Waals surface area contributed by atoms with Crippen LogP contribution in [0.4, 0.5) is 4.79 Å². The van der Waals surface area contributed by atoms with Gasteiger partial charge < -0.3 is 30.7 Å². The Morgan fingerprint density at radius 1 is 1.00 bits per heavy atom. The summed E-state index contributed by atoms with van der Waals surface area (Å²) >= 11 is 6.21. The highest BCUT2D eigenvalue weighted by Crippen LogP contribution is 2.17. The zero-order chi connectivity index (χ0) is 25.1. The minimum Gasteiger partial charge on any atom is -0.445 e. The van der Waals surface area contributed by atoms with E-state index in [0.717, 1.165) is 5.56 Å². The van der Waals surface area contributed by atoms with Crippen LogP contribution in [-0.4, -0.2) is 53.6 Å². The number of alkyl carbamates (subject to hydrolysis) is 1. The van der Waals surface area contributed by atoms with E-state index in [1.54, 1.807) is 50.2 Å². The van der Waals surface area contributed by atoms with Crippen molar-refractivity contribution >= 4 is 36.6 Å². The van der Waals surface area contributed by atoms with Gasteiger partial charge in [0.1, 0.15) is 12.6 Å². The van der Waals surface area contributed by atoms with E-state index in [0.29, 0.717) is 10.6 Å². The second-order valence-corrected chi connectivity index (χ2v) is 8.43. The average molecular weight is 490 g/mol. The van der Waals surface area contributed by atoms with E-state index >= 15 is 0 Å². The molecular weight excluding hydrogens is 461 g/mol. The van der Waals surface area contributed by atoms with Crippen molar-refractivity contribution in [2.75, 3.05) is 6.54 Å². The number of hydrogen-bond donors (Lipinski definition) is 5. The topological polar surface area (TPSA) is 137 Å². The summed E-state index contributed by atoms with van der Waals surface area (Å²) in [5.41, 5.74) is 1.41. The molecule has 0 fully saturated rings. The van der Waals surface area contributed by atoms with Crippen molar-refractivity contribution < 1.29 is 29.2 Å². The third kappa shape index (κ3) is 9.05. The molecule has 0 aromatic heterocycles. The van der Waals surface area contributed by atoms with Gasteiger partial charge in [-0.3, -0.25) is 9.59 Å². The minimum atomic E-state index is -1.74. The molecule has 0 bridgehead atoms. The molecule has 5 N–H and O–H groups in total. The lowest BCUT2D eigenvalue weighted by atomic mass is 9.73. The number of carbonyl (C=O) groups excluding carboxylic acids is 3. The predicted octanol–water partition coefficient (Wildman–Crippen LogP) is 1.45. The molecule has 0 aliphatic heterocycles. The van der Waals surface area contributed by atoms with Gasteiger partial charge in [0.05, 0.1) is 12.5 Å². The van der Waals surface area contributed by atoms with E-state index in [2.05, 4.69) is 16.0 Å². The zero-order valence-electron chi connectivity index (χ0n) is 19.0. The van der Waals surface area contributed by atoms with Crippen molar-refractivity contribution in [3.8, 4) is 0 Å². The SMILES string of the molecule is CC(C)C(NC(=O)CNC(=O)[C@H](Cc1ccccc1Cl)NC(=O)OCc1ccccc1)B(O)O. The molecule has 2 aromatic rings. The van der Waals surface area contributed by atoms with Crippen molar-refractivity contribution in [3.63, 3.8) is 0 Å². The Labute approximate surface area is 204 Å². The molecule has 2 atom stereocenters. The molecular formula is C23H29BClN3O6. The molecule has 0 aliphatic rings. The number of benzene rings is 2. The lowest BCUT2D eigenvalue weighted by molar-refractivity contribution is -0.127. The second-order valence-electron chi connectivity index (χ2n) is 8.02. The van der Waals surface area contributed by atoms with Crippen LogP contribution in [-0.2, 0) is 27.4 Å². The Balaban J connectivity index is 2.01.